The van der Waals surface area contributed by atoms with E-state index in [-0.39, 0.29) is 29.6 Å². The summed E-state index contributed by atoms with van der Waals surface area (Å²) < 4.78 is 9.99. The van der Waals surface area contributed by atoms with E-state index in [2.05, 4.69) is 10.1 Å². The molecular weight excluding hydrogens is 360 g/mol. The number of rotatable bonds is 4. The molecule has 2 aromatic carbocycles. The summed E-state index contributed by atoms with van der Waals surface area (Å²) >= 11 is 5.96. The summed E-state index contributed by atoms with van der Waals surface area (Å²) in [6.07, 6.45) is 0. The van der Waals surface area contributed by atoms with E-state index in [0.717, 1.165) is 0 Å². The third-order valence-electron chi connectivity index (χ3n) is 3.77. The van der Waals surface area contributed by atoms with Crippen molar-refractivity contribution in [1.82, 2.24) is 0 Å². The Morgan fingerprint density at radius 3 is 2.81 bits per heavy atom. The predicted molar refractivity (Wildman–Crippen MR) is 95.7 cm³/mol. The van der Waals surface area contributed by atoms with Crippen molar-refractivity contribution in [2.45, 2.75) is 0 Å². The molecule has 0 fully saturated rings. The number of nitrogens with one attached hydrogen (secondary N) is 1. The molecule has 0 unspecified atom stereocenters. The van der Waals surface area contributed by atoms with Crippen molar-refractivity contribution in [3.8, 4) is 5.75 Å². The first-order chi connectivity index (χ1) is 12.5. The Labute approximate surface area is 154 Å². The van der Waals surface area contributed by atoms with Crippen molar-refractivity contribution in [1.29, 1.82) is 0 Å². The van der Waals surface area contributed by atoms with Gasteiger partial charge in [-0.15, -0.1) is 0 Å². The average molecular weight is 375 g/mol. The number of fused-ring (bicyclic) bond motifs is 1. The van der Waals surface area contributed by atoms with Crippen molar-refractivity contribution in [2.24, 2.45) is 0 Å². The van der Waals surface area contributed by atoms with Gasteiger partial charge in [0.15, 0.2) is 6.61 Å². The van der Waals surface area contributed by atoms with Gasteiger partial charge in [0.2, 0.25) is 5.91 Å². The summed E-state index contributed by atoms with van der Waals surface area (Å²) in [6.45, 7) is -0.312. The van der Waals surface area contributed by atoms with Gasteiger partial charge in [-0.25, -0.2) is 4.79 Å². The Balaban J connectivity index is 1.76. The molecule has 0 saturated carbocycles. The lowest BCUT2D eigenvalue weighted by Crippen LogP contribution is -2.43. The van der Waals surface area contributed by atoms with Crippen molar-refractivity contribution in [3.05, 3.63) is 53.1 Å². The number of ether oxygens (including phenoxy) is 2. The fourth-order valence-corrected chi connectivity index (χ4v) is 2.74. The number of amides is 2. The third kappa shape index (κ3) is 3.62. The van der Waals surface area contributed by atoms with E-state index in [1.54, 1.807) is 30.3 Å². The fraction of sp³-hybridized carbons (Fsp3) is 0.167. The maximum absolute atomic E-state index is 12.4. The molecule has 0 aliphatic carbocycles. The topological polar surface area (TPSA) is 84.9 Å². The molecule has 0 saturated heterocycles. The number of nitrogens with zero attached hydrogens (tertiary/aromatic N) is 1. The number of carbonyl (C=O) groups excluding carboxylic acids is 3. The fourth-order valence-electron chi connectivity index (χ4n) is 2.54. The number of hydrogen-bond donors (Lipinski definition) is 1. The second kappa shape index (κ2) is 7.45. The zero-order valence-corrected chi connectivity index (χ0v) is 14.6. The zero-order valence-electron chi connectivity index (χ0n) is 13.8. The molecule has 8 heteroatoms. The first-order valence-electron chi connectivity index (χ1n) is 7.69. The third-order valence-corrected chi connectivity index (χ3v) is 4.09. The van der Waals surface area contributed by atoms with Crippen LogP contribution in [0, 0.1) is 0 Å². The highest BCUT2D eigenvalue weighted by molar-refractivity contribution is 6.33. The van der Waals surface area contributed by atoms with Crippen LogP contribution in [0.5, 0.6) is 5.75 Å². The summed E-state index contributed by atoms with van der Waals surface area (Å²) in [5.74, 6) is -0.804. The van der Waals surface area contributed by atoms with Gasteiger partial charge in [-0.2, -0.15) is 0 Å². The number of halogens is 1. The van der Waals surface area contributed by atoms with E-state index in [1.165, 1.54) is 24.1 Å². The van der Waals surface area contributed by atoms with Gasteiger partial charge in [-0.3, -0.25) is 14.5 Å². The number of hydrogen-bond acceptors (Lipinski definition) is 5. The molecule has 0 bridgehead atoms. The second-order valence-electron chi connectivity index (χ2n) is 5.47. The van der Waals surface area contributed by atoms with Gasteiger partial charge in [-0.1, -0.05) is 23.7 Å². The van der Waals surface area contributed by atoms with E-state index >= 15 is 0 Å². The second-order valence-corrected chi connectivity index (χ2v) is 5.88. The number of carbonyl (C=O) groups is 3. The van der Waals surface area contributed by atoms with E-state index in [1.807, 2.05) is 0 Å². The molecule has 1 aliphatic heterocycles. The summed E-state index contributed by atoms with van der Waals surface area (Å²) in [6, 6.07) is 11.4. The molecule has 1 N–H and O–H groups in total. The van der Waals surface area contributed by atoms with Crippen molar-refractivity contribution in [2.75, 3.05) is 30.5 Å². The molecule has 2 amide bonds. The van der Waals surface area contributed by atoms with Crippen LogP contribution in [0.4, 0.5) is 11.4 Å². The van der Waals surface area contributed by atoms with Gasteiger partial charge in [0.1, 0.15) is 12.3 Å². The minimum absolute atomic E-state index is 0.127. The first kappa shape index (κ1) is 17.8. The minimum atomic E-state index is -0.608. The lowest BCUT2D eigenvalue weighted by molar-refractivity contribution is -0.123. The molecule has 0 aromatic heterocycles. The van der Waals surface area contributed by atoms with Gasteiger partial charge in [0, 0.05) is 5.69 Å². The number of para-hydroxylation sites is 2. The number of methoxy groups -OCH3 is 1. The van der Waals surface area contributed by atoms with Crippen molar-refractivity contribution < 1.29 is 23.9 Å². The van der Waals surface area contributed by atoms with Crippen molar-refractivity contribution >= 4 is 40.8 Å². The summed E-state index contributed by atoms with van der Waals surface area (Å²) in [5.41, 5.74) is 1.04. The Hall–Kier alpha value is -3.06. The van der Waals surface area contributed by atoms with Gasteiger partial charge >= 0.3 is 5.97 Å². The van der Waals surface area contributed by atoms with E-state index in [9.17, 15) is 14.4 Å². The van der Waals surface area contributed by atoms with Crippen LogP contribution in [0.15, 0.2) is 42.5 Å². The van der Waals surface area contributed by atoms with Crippen LogP contribution < -0.4 is 15.0 Å². The Morgan fingerprint density at radius 2 is 2.04 bits per heavy atom. The molecular formula is C18H15ClN2O5. The van der Waals surface area contributed by atoms with Gasteiger partial charge in [0.25, 0.3) is 5.91 Å². The molecule has 1 aliphatic rings. The molecule has 0 radical (unpaired) electrons. The molecule has 134 valence electrons. The Morgan fingerprint density at radius 1 is 1.27 bits per heavy atom. The SMILES string of the molecule is COC(=O)c1cc(NC(=O)CN2C(=O)COc3ccccc32)ccc1Cl. The molecule has 26 heavy (non-hydrogen) atoms. The standard InChI is InChI=1S/C18H15ClN2O5/c1-25-18(24)12-8-11(6-7-13(12)19)20-16(22)9-21-14-4-2-3-5-15(14)26-10-17(21)23/h2-8H,9-10H2,1H3,(H,20,22). The largest absolute Gasteiger partial charge is 0.482 e. The molecule has 3 rings (SSSR count). The quantitative estimate of drug-likeness (QED) is 0.831. The molecule has 0 spiro atoms. The summed E-state index contributed by atoms with van der Waals surface area (Å²) in [5, 5.41) is 2.86. The van der Waals surface area contributed by atoms with Crippen LogP contribution in [0.2, 0.25) is 5.02 Å². The number of benzene rings is 2. The number of anilines is 2. The molecule has 0 atom stereocenters. The smallest absolute Gasteiger partial charge is 0.339 e. The molecule has 7 nitrogen and oxygen atoms in total. The van der Waals surface area contributed by atoms with E-state index < -0.39 is 11.9 Å². The first-order valence-corrected chi connectivity index (χ1v) is 8.07. The van der Waals surface area contributed by atoms with Crippen LogP contribution in [0.25, 0.3) is 0 Å². The van der Waals surface area contributed by atoms with E-state index in [0.29, 0.717) is 17.1 Å². The Bertz CT molecular complexity index is 884. The van der Waals surface area contributed by atoms with Crippen LogP contribution in [0.3, 0.4) is 0 Å². The lowest BCUT2D eigenvalue weighted by Gasteiger charge is -2.28. The van der Waals surface area contributed by atoms with Crippen LogP contribution in [-0.2, 0) is 14.3 Å². The Kier molecular flexibility index (Phi) is 5.09. The number of esters is 1. The van der Waals surface area contributed by atoms with Crippen LogP contribution >= 0.6 is 11.6 Å². The van der Waals surface area contributed by atoms with Crippen LogP contribution in [-0.4, -0.2) is 38.0 Å². The molecule has 1 heterocycles. The minimum Gasteiger partial charge on any atom is -0.482 e. The summed E-state index contributed by atoms with van der Waals surface area (Å²) in [7, 11) is 1.24. The van der Waals surface area contributed by atoms with E-state index in [4.69, 9.17) is 16.3 Å². The molecule has 2 aromatic rings. The van der Waals surface area contributed by atoms with Gasteiger partial charge in [0.05, 0.1) is 23.4 Å². The highest BCUT2D eigenvalue weighted by Crippen LogP contribution is 2.31. The normalized spacial score (nSPS) is 12.8. The zero-order chi connectivity index (χ0) is 18.7. The monoisotopic (exact) mass is 374 g/mol. The highest BCUT2D eigenvalue weighted by atomic mass is 35.5. The predicted octanol–water partition coefficient (Wildman–Crippen LogP) is 2.49. The maximum atomic E-state index is 12.4. The van der Waals surface area contributed by atoms with Gasteiger partial charge in [-0.05, 0) is 30.3 Å². The van der Waals surface area contributed by atoms with Crippen LogP contribution in [0.1, 0.15) is 10.4 Å². The highest BCUT2D eigenvalue weighted by Gasteiger charge is 2.27. The van der Waals surface area contributed by atoms with Gasteiger partial charge < -0.3 is 14.8 Å². The average Bonchev–Trinajstić information content (AvgIpc) is 2.65. The lowest BCUT2D eigenvalue weighted by atomic mass is 10.2. The maximum Gasteiger partial charge on any atom is 0.339 e. The van der Waals surface area contributed by atoms with Crippen molar-refractivity contribution in [3.63, 3.8) is 0 Å². The summed E-state index contributed by atoms with van der Waals surface area (Å²) in [4.78, 5) is 37.5.